The summed E-state index contributed by atoms with van der Waals surface area (Å²) in [5.41, 5.74) is 0. The molecule has 5 nitrogen and oxygen atoms in total. The molecule has 0 aromatic heterocycles. The van der Waals surface area contributed by atoms with Crippen LogP contribution in [0.1, 0.15) is 26.2 Å². The normalized spacial score (nSPS) is 31.4. The second kappa shape index (κ2) is 4.74. The molecule has 2 atom stereocenters. The van der Waals surface area contributed by atoms with E-state index in [0.29, 0.717) is 32.5 Å². The molecule has 2 rings (SSSR count). The minimum Gasteiger partial charge on any atom is -0.469 e. The van der Waals surface area contributed by atoms with Gasteiger partial charge in [0.25, 0.3) is 0 Å². The van der Waals surface area contributed by atoms with Gasteiger partial charge in [-0.05, 0) is 13.3 Å². The van der Waals surface area contributed by atoms with Crippen molar-refractivity contribution in [2.24, 2.45) is 11.8 Å². The Bertz CT molecular complexity index is 319. The lowest BCUT2D eigenvalue weighted by atomic mass is 9.76. The Balaban J connectivity index is 2.15. The van der Waals surface area contributed by atoms with E-state index in [1.165, 1.54) is 7.11 Å². The summed E-state index contributed by atoms with van der Waals surface area (Å²) in [5, 5.41) is 0. The minimum absolute atomic E-state index is 0.0806. The van der Waals surface area contributed by atoms with E-state index in [1.54, 1.807) is 6.92 Å². The van der Waals surface area contributed by atoms with Crippen molar-refractivity contribution in [1.29, 1.82) is 0 Å². The Morgan fingerprint density at radius 2 is 1.76 bits per heavy atom. The third kappa shape index (κ3) is 2.50. The monoisotopic (exact) mass is 242 g/mol. The van der Waals surface area contributed by atoms with Gasteiger partial charge in [-0.15, -0.1) is 0 Å². The fraction of sp³-hybridized carbons (Fsp3) is 0.833. The first-order valence-electron chi connectivity index (χ1n) is 5.92. The molecule has 1 saturated carbocycles. The van der Waals surface area contributed by atoms with Crippen LogP contribution in [0.5, 0.6) is 0 Å². The van der Waals surface area contributed by atoms with Crippen LogP contribution in [0.4, 0.5) is 0 Å². The first kappa shape index (κ1) is 12.5. The smallest absolute Gasteiger partial charge is 0.308 e. The van der Waals surface area contributed by atoms with E-state index in [9.17, 15) is 9.59 Å². The molecule has 1 aliphatic heterocycles. The molecule has 96 valence electrons. The van der Waals surface area contributed by atoms with E-state index in [0.717, 1.165) is 0 Å². The van der Waals surface area contributed by atoms with Crippen molar-refractivity contribution < 1.29 is 23.8 Å². The number of carbonyl (C=O) groups is 2. The third-order valence-corrected chi connectivity index (χ3v) is 3.61. The zero-order valence-electron chi connectivity index (χ0n) is 10.2. The number of methoxy groups -OCH3 is 1. The molecule has 0 unspecified atom stereocenters. The average Bonchev–Trinajstić information content (AvgIpc) is 2.75. The van der Waals surface area contributed by atoms with Gasteiger partial charge in [0, 0.05) is 18.8 Å². The van der Waals surface area contributed by atoms with Crippen molar-refractivity contribution in [3.8, 4) is 0 Å². The molecule has 0 aromatic rings. The summed E-state index contributed by atoms with van der Waals surface area (Å²) in [6, 6.07) is 0. The summed E-state index contributed by atoms with van der Waals surface area (Å²) >= 11 is 0. The lowest BCUT2D eigenvalue weighted by Crippen LogP contribution is -2.44. The van der Waals surface area contributed by atoms with E-state index < -0.39 is 5.79 Å². The summed E-state index contributed by atoms with van der Waals surface area (Å²) < 4.78 is 16.0. The van der Waals surface area contributed by atoms with Crippen molar-refractivity contribution in [3.63, 3.8) is 0 Å². The predicted molar refractivity (Wildman–Crippen MR) is 58.2 cm³/mol. The van der Waals surface area contributed by atoms with Gasteiger partial charge in [-0.2, -0.15) is 0 Å². The number of ketones is 1. The van der Waals surface area contributed by atoms with Gasteiger partial charge in [0.05, 0.1) is 26.2 Å². The van der Waals surface area contributed by atoms with Gasteiger partial charge < -0.3 is 14.2 Å². The van der Waals surface area contributed by atoms with Gasteiger partial charge in [0.2, 0.25) is 0 Å². The van der Waals surface area contributed by atoms with Crippen LogP contribution in [0.2, 0.25) is 0 Å². The maximum Gasteiger partial charge on any atom is 0.308 e. The van der Waals surface area contributed by atoms with Gasteiger partial charge in [-0.1, -0.05) is 0 Å². The van der Waals surface area contributed by atoms with Crippen LogP contribution in [-0.4, -0.2) is 37.9 Å². The molecular weight excluding hydrogens is 224 g/mol. The standard InChI is InChI=1S/C12H18O5/c1-8(13)9-5-10(11(14)15-2)7-12(6-9)16-3-4-17-12/h9-10H,3-7H2,1-2H3/t9-,10+/m0/s1. The van der Waals surface area contributed by atoms with E-state index in [-0.39, 0.29) is 23.6 Å². The summed E-state index contributed by atoms with van der Waals surface area (Å²) in [6.45, 7) is 2.60. The Hall–Kier alpha value is -0.940. The largest absolute Gasteiger partial charge is 0.469 e. The van der Waals surface area contributed by atoms with Crippen LogP contribution in [0.15, 0.2) is 0 Å². The van der Waals surface area contributed by atoms with Crippen molar-refractivity contribution in [2.45, 2.75) is 32.0 Å². The number of esters is 1. The fourth-order valence-corrected chi connectivity index (χ4v) is 2.73. The van der Waals surface area contributed by atoms with Crippen LogP contribution in [0.25, 0.3) is 0 Å². The third-order valence-electron chi connectivity index (χ3n) is 3.61. The van der Waals surface area contributed by atoms with Crippen molar-refractivity contribution >= 4 is 11.8 Å². The molecular formula is C12H18O5. The van der Waals surface area contributed by atoms with Crippen LogP contribution in [0.3, 0.4) is 0 Å². The highest BCUT2D eigenvalue weighted by Gasteiger charge is 2.48. The van der Waals surface area contributed by atoms with Gasteiger partial charge in [0.15, 0.2) is 5.79 Å². The molecule has 0 radical (unpaired) electrons. The summed E-state index contributed by atoms with van der Waals surface area (Å²) in [6.07, 6.45) is 1.58. The Morgan fingerprint density at radius 1 is 1.18 bits per heavy atom. The topological polar surface area (TPSA) is 61.8 Å². The molecule has 0 bridgehead atoms. The molecule has 1 spiro atoms. The first-order chi connectivity index (χ1) is 8.06. The quantitative estimate of drug-likeness (QED) is 0.673. The summed E-state index contributed by atoms with van der Waals surface area (Å²) in [4.78, 5) is 23.2. The van der Waals surface area contributed by atoms with Crippen molar-refractivity contribution in [1.82, 2.24) is 0 Å². The van der Waals surface area contributed by atoms with Crippen LogP contribution in [-0.2, 0) is 23.8 Å². The molecule has 17 heavy (non-hydrogen) atoms. The van der Waals surface area contributed by atoms with Crippen LogP contribution < -0.4 is 0 Å². The number of carbonyl (C=O) groups excluding carboxylic acids is 2. The van der Waals surface area contributed by atoms with E-state index in [2.05, 4.69) is 0 Å². The van der Waals surface area contributed by atoms with Crippen LogP contribution >= 0.6 is 0 Å². The zero-order valence-corrected chi connectivity index (χ0v) is 10.2. The minimum atomic E-state index is -0.743. The molecule has 2 aliphatic rings. The molecule has 1 saturated heterocycles. The SMILES string of the molecule is COC(=O)[C@@H]1C[C@H](C(C)=O)CC2(C1)OCCO2. The van der Waals surface area contributed by atoms with Gasteiger partial charge >= 0.3 is 5.97 Å². The van der Waals surface area contributed by atoms with Crippen molar-refractivity contribution in [3.05, 3.63) is 0 Å². The molecule has 2 fully saturated rings. The number of hydrogen-bond acceptors (Lipinski definition) is 5. The predicted octanol–water partition coefficient (Wildman–Crippen LogP) is 0.908. The fourth-order valence-electron chi connectivity index (χ4n) is 2.73. The Morgan fingerprint density at radius 3 is 2.29 bits per heavy atom. The number of rotatable bonds is 2. The van der Waals surface area contributed by atoms with Crippen molar-refractivity contribution in [2.75, 3.05) is 20.3 Å². The highest BCUT2D eigenvalue weighted by atomic mass is 16.7. The van der Waals surface area contributed by atoms with E-state index in [4.69, 9.17) is 14.2 Å². The van der Waals surface area contributed by atoms with Crippen LogP contribution in [0, 0.1) is 11.8 Å². The maximum absolute atomic E-state index is 11.6. The second-order valence-corrected chi connectivity index (χ2v) is 4.78. The van der Waals surface area contributed by atoms with Gasteiger partial charge in [0.1, 0.15) is 5.78 Å². The van der Waals surface area contributed by atoms with Gasteiger partial charge in [-0.3, -0.25) is 9.59 Å². The number of Topliss-reactive ketones (excluding diaryl/α,β-unsaturated/α-hetero) is 1. The molecule has 0 amide bonds. The molecule has 5 heteroatoms. The Kier molecular flexibility index (Phi) is 3.49. The van der Waals surface area contributed by atoms with Gasteiger partial charge in [-0.25, -0.2) is 0 Å². The number of ether oxygens (including phenoxy) is 3. The molecule has 1 aliphatic carbocycles. The maximum atomic E-state index is 11.6. The zero-order chi connectivity index (χ0) is 12.5. The lowest BCUT2D eigenvalue weighted by molar-refractivity contribution is -0.203. The number of hydrogen-bond donors (Lipinski definition) is 0. The Labute approximate surface area is 100 Å². The second-order valence-electron chi connectivity index (χ2n) is 4.78. The highest BCUT2D eigenvalue weighted by molar-refractivity contribution is 5.80. The first-order valence-corrected chi connectivity index (χ1v) is 5.92. The molecule has 0 N–H and O–H groups in total. The van der Waals surface area contributed by atoms with E-state index in [1.807, 2.05) is 0 Å². The average molecular weight is 242 g/mol. The summed E-state index contributed by atoms with van der Waals surface area (Å²) in [5.74, 6) is -1.42. The summed E-state index contributed by atoms with van der Waals surface area (Å²) in [7, 11) is 1.36. The lowest BCUT2D eigenvalue weighted by Gasteiger charge is -2.38. The molecule has 1 heterocycles. The highest BCUT2D eigenvalue weighted by Crippen LogP contribution is 2.42. The molecule has 0 aromatic carbocycles. The van der Waals surface area contributed by atoms with E-state index >= 15 is 0 Å².